The number of hydrogen-bond acceptors (Lipinski definition) is 2. The van der Waals surface area contributed by atoms with Crippen molar-refractivity contribution in [3.8, 4) is 5.75 Å². The number of halogens is 2. The Morgan fingerprint density at radius 1 is 1.71 bits per heavy atom. The van der Waals surface area contributed by atoms with E-state index in [1.165, 1.54) is 18.2 Å². The molecule has 0 aliphatic rings. The topological polar surface area (TPSA) is 38.3 Å². The summed E-state index contributed by atoms with van der Waals surface area (Å²) in [6.07, 6.45) is 0.871. The fourth-order valence-corrected chi connectivity index (χ4v) is 1.47. The van der Waals surface area contributed by atoms with Crippen LogP contribution in [0.4, 0.5) is 4.39 Å². The van der Waals surface area contributed by atoms with E-state index in [4.69, 9.17) is 4.74 Å². The fourth-order valence-electron chi connectivity index (χ4n) is 1.13. The molecule has 1 aromatic carbocycles. The van der Waals surface area contributed by atoms with E-state index in [-0.39, 0.29) is 5.91 Å². The standard InChI is InChI=1S/C12H13BrFNO2/c1-3-6-15-12(16)8(2)17-11-7-9(14)4-5-10(11)13/h3-5,7-8H,1,6H2,2H3,(H,15,16). The molecule has 0 heterocycles. The van der Waals surface area contributed by atoms with Gasteiger partial charge in [-0.2, -0.15) is 0 Å². The van der Waals surface area contributed by atoms with Crippen molar-refractivity contribution in [3.63, 3.8) is 0 Å². The average Bonchev–Trinajstić information content (AvgIpc) is 2.30. The molecule has 0 fully saturated rings. The zero-order valence-electron chi connectivity index (χ0n) is 9.37. The van der Waals surface area contributed by atoms with E-state index in [0.29, 0.717) is 16.8 Å². The minimum atomic E-state index is -0.701. The molecule has 0 saturated carbocycles. The van der Waals surface area contributed by atoms with Gasteiger partial charge < -0.3 is 10.1 Å². The molecule has 1 unspecified atom stereocenters. The van der Waals surface area contributed by atoms with E-state index in [1.54, 1.807) is 13.0 Å². The summed E-state index contributed by atoms with van der Waals surface area (Å²) in [6, 6.07) is 4.06. The summed E-state index contributed by atoms with van der Waals surface area (Å²) in [5.74, 6) is -0.394. The second-order valence-corrected chi connectivity index (χ2v) is 4.22. The number of carbonyl (C=O) groups excluding carboxylic acids is 1. The molecule has 1 rings (SSSR count). The summed E-state index contributed by atoms with van der Waals surface area (Å²) in [5.41, 5.74) is 0. The van der Waals surface area contributed by atoms with Gasteiger partial charge in [-0.3, -0.25) is 4.79 Å². The number of nitrogens with one attached hydrogen (secondary N) is 1. The molecule has 0 radical (unpaired) electrons. The monoisotopic (exact) mass is 301 g/mol. The van der Waals surface area contributed by atoms with Gasteiger partial charge in [0.25, 0.3) is 5.91 Å². The lowest BCUT2D eigenvalue weighted by Gasteiger charge is -2.15. The van der Waals surface area contributed by atoms with Gasteiger partial charge in [-0.25, -0.2) is 4.39 Å². The SMILES string of the molecule is C=CCNC(=O)C(C)Oc1cc(F)ccc1Br. The molecule has 3 nitrogen and oxygen atoms in total. The van der Waals surface area contributed by atoms with Crippen LogP contribution in [0.5, 0.6) is 5.75 Å². The van der Waals surface area contributed by atoms with Crippen molar-refractivity contribution < 1.29 is 13.9 Å². The Balaban J connectivity index is 2.66. The minimum Gasteiger partial charge on any atom is -0.480 e. The maximum atomic E-state index is 13.0. The van der Waals surface area contributed by atoms with Crippen LogP contribution in [0, 0.1) is 5.82 Å². The zero-order chi connectivity index (χ0) is 12.8. The highest BCUT2D eigenvalue weighted by atomic mass is 79.9. The second-order valence-electron chi connectivity index (χ2n) is 3.37. The van der Waals surface area contributed by atoms with E-state index >= 15 is 0 Å². The summed E-state index contributed by atoms with van der Waals surface area (Å²) < 4.78 is 18.9. The largest absolute Gasteiger partial charge is 0.480 e. The maximum absolute atomic E-state index is 13.0. The maximum Gasteiger partial charge on any atom is 0.261 e. The lowest BCUT2D eigenvalue weighted by Crippen LogP contribution is -2.36. The zero-order valence-corrected chi connectivity index (χ0v) is 11.0. The number of amides is 1. The lowest BCUT2D eigenvalue weighted by molar-refractivity contribution is -0.127. The Morgan fingerprint density at radius 3 is 3.06 bits per heavy atom. The van der Waals surface area contributed by atoms with Crippen LogP contribution in [0.25, 0.3) is 0 Å². The van der Waals surface area contributed by atoms with Crippen LogP contribution in [0.2, 0.25) is 0 Å². The van der Waals surface area contributed by atoms with Crippen LogP contribution in [0.3, 0.4) is 0 Å². The third-order valence-corrected chi connectivity index (χ3v) is 2.64. The van der Waals surface area contributed by atoms with Gasteiger partial charge in [0.1, 0.15) is 11.6 Å². The summed E-state index contributed by atoms with van der Waals surface area (Å²) in [7, 11) is 0. The van der Waals surface area contributed by atoms with Crippen LogP contribution < -0.4 is 10.1 Å². The first-order chi connectivity index (χ1) is 8.04. The molecular formula is C12H13BrFNO2. The van der Waals surface area contributed by atoms with E-state index in [0.717, 1.165) is 0 Å². The van der Waals surface area contributed by atoms with Gasteiger partial charge in [0.15, 0.2) is 6.10 Å². The molecule has 17 heavy (non-hydrogen) atoms. The molecule has 1 aromatic rings. The van der Waals surface area contributed by atoms with Gasteiger partial charge in [-0.1, -0.05) is 6.08 Å². The third-order valence-electron chi connectivity index (χ3n) is 1.99. The Kier molecular flexibility index (Phi) is 5.15. The average molecular weight is 302 g/mol. The van der Waals surface area contributed by atoms with Crippen molar-refractivity contribution in [2.24, 2.45) is 0 Å². The highest BCUT2D eigenvalue weighted by Crippen LogP contribution is 2.26. The first-order valence-electron chi connectivity index (χ1n) is 5.05. The van der Waals surface area contributed by atoms with Crippen LogP contribution in [-0.2, 0) is 4.79 Å². The molecule has 0 aliphatic heterocycles. The number of carbonyl (C=O) groups is 1. The van der Waals surface area contributed by atoms with Crippen LogP contribution in [0.15, 0.2) is 35.3 Å². The van der Waals surface area contributed by atoms with Crippen molar-refractivity contribution in [2.75, 3.05) is 6.54 Å². The highest BCUT2D eigenvalue weighted by Gasteiger charge is 2.15. The molecule has 1 N–H and O–H groups in total. The van der Waals surface area contributed by atoms with Crippen LogP contribution in [-0.4, -0.2) is 18.6 Å². The van der Waals surface area contributed by atoms with Crippen LogP contribution >= 0.6 is 15.9 Å². The molecule has 5 heteroatoms. The normalized spacial score (nSPS) is 11.7. The highest BCUT2D eigenvalue weighted by molar-refractivity contribution is 9.10. The molecule has 0 aliphatic carbocycles. The summed E-state index contributed by atoms with van der Waals surface area (Å²) in [5, 5.41) is 2.60. The molecule has 0 aromatic heterocycles. The summed E-state index contributed by atoms with van der Waals surface area (Å²) in [4.78, 5) is 11.5. The quantitative estimate of drug-likeness (QED) is 0.849. The summed E-state index contributed by atoms with van der Waals surface area (Å²) in [6.45, 7) is 5.45. The van der Waals surface area contributed by atoms with Gasteiger partial charge in [-0.05, 0) is 35.0 Å². The fraction of sp³-hybridized carbons (Fsp3) is 0.250. The first kappa shape index (κ1) is 13.7. The van der Waals surface area contributed by atoms with Crippen molar-refractivity contribution >= 4 is 21.8 Å². The van der Waals surface area contributed by atoms with Gasteiger partial charge in [0, 0.05) is 12.6 Å². The van der Waals surface area contributed by atoms with E-state index in [9.17, 15) is 9.18 Å². The van der Waals surface area contributed by atoms with Gasteiger partial charge in [-0.15, -0.1) is 6.58 Å². The number of benzene rings is 1. The molecule has 92 valence electrons. The van der Waals surface area contributed by atoms with E-state index in [1.807, 2.05) is 0 Å². The smallest absolute Gasteiger partial charge is 0.261 e. The van der Waals surface area contributed by atoms with E-state index < -0.39 is 11.9 Å². The first-order valence-corrected chi connectivity index (χ1v) is 5.84. The minimum absolute atomic E-state index is 0.277. The number of ether oxygens (including phenoxy) is 1. The molecule has 1 atom stereocenters. The van der Waals surface area contributed by atoms with Gasteiger partial charge in [0.05, 0.1) is 4.47 Å². The van der Waals surface area contributed by atoms with Crippen molar-refractivity contribution in [1.29, 1.82) is 0 Å². The Morgan fingerprint density at radius 2 is 2.41 bits per heavy atom. The number of rotatable bonds is 5. The number of hydrogen-bond donors (Lipinski definition) is 1. The van der Waals surface area contributed by atoms with Crippen molar-refractivity contribution in [1.82, 2.24) is 5.32 Å². The van der Waals surface area contributed by atoms with Gasteiger partial charge in [0.2, 0.25) is 0 Å². The van der Waals surface area contributed by atoms with Crippen molar-refractivity contribution in [2.45, 2.75) is 13.0 Å². The van der Waals surface area contributed by atoms with Crippen LogP contribution in [0.1, 0.15) is 6.92 Å². The Bertz CT molecular complexity index is 423. The Hall–Kier alpha value is -1.36. The lowest BCUT2D eigenvalue weighted by atomic mass is 10.3. The molecule has 1 amide bonds. The van der Waals surface area contributed by atoms with Gasteiger partial charge >= 0.3 is 0 Å². The molecule has 0 bridgehead atoms. The summed E-state index contributed by atoms with van der Waals surface area (Å²) >= 11 is 3.22. The Labute approximate surface area is 108 Å². The third kappa shape index (κ3) is 4.19. The predicted molar refractivity (Wildman–Crippen MR) is 67.4 cm³/mol. The molecule has 0 spiro atoms. The molecular weight excluding hydrogens is 289 g/mol. The van der Waals surface area contributed by atoms with E-state index in [2.05, 4.69) is 27.8 Å². The second kappa shape index (κ2) is 6.39. The molecule has 0 saturated heterocycles. The predicted octanol–water partition coefficient (Wildman–Crippen LogP) is 2.66. The van der Waals surface area contributed by atoms with Crippen molar-refractivity contribution in [3.05, 3.63) is 41.1 Å².